The number of rotatable bonds is 23. The lowest BCUT2D eigenvalue weighted by Crippen LogP contribution is -2.57. The van der Waals surface area contributed by atoms with Crippen molar-refractivity contribution in [3.05, 3.63) is 35.9 Å². The van der Waals surface area contributed by atoms with Crippen LogP contribution in [0.4, 0.5) is 0 Å². The van der Waals surface area contributed by atoms with Gasteiger partial charge in [0.1, 0.15) is 30.2 Å². The first-order valence-electron chi connectivity index (χ1n) is 16.0. The van der Waals surface area contributed by atoms with Crippen molar-refractivity contribution in [3.8, 4) is 0 Å². The second-order valence-corrected chi connectivity index (χ2v) is 13.5. The summed E-state index contributed by atoms with van der Waals surface area (Å²) in [6.07, 6.45) is 1.75. The molecule has 0 aliphatic heterocycles. The highest BCUT2D eigenvalue weighted by Gasteiger charge is 2.30. The molecule has 0 fully saturated rings. The zero-order valence-electron chi connectivity index (χ0n) is 28.6. The molecule has 0 saturated carbocycles. The molecule has 0 aromatic heterocycles. The standard InChI is InChI=1S/C31H51N9O9S/c1-18(2)14-23(39-26(43)20(32)17-41)29(46)40-24(15-19-8-5-4-6-9-19)27(44)36-16-25(42)37-21(11-13-50(3)49)28(45)38-22(30(47)48)10-7-12-35-31(33)34/h4-6,8-9,18,20-24,41H,7,10-17,32H2,1-3H3,(H,36,44)(H,37,42)(H,38,45)(H,39,43)(H,40,46)(H,47,48)(H4,33,34,35). The molecule has 18 nitrogen and oxygen atoms in total. The number of benzene rings is 1. The Morgan fingerprint density at radius 3 is 2.00 bits per heavy atom. The molecule has 0 radical (unpaired) electrons. The molecule has 0 aliphatic carbocycles. The van der Waals surface area contributed by atoms with Gasteiger partial charge in [0, 0.05) is 35.8 Å². The van der Waals surface area contributed by atoms with Crippen molar-refractivity contribution in [2.45, 2.75) is 76.2 Å². The Kier molecular flexibility index (Phi) is 19.9. The Hall–Kier alpha value is -4.62. The number of hydrogen-bond donors (Lipinski definition) is 10. The third kappa shape index (κ3) is 17.7. The van der Waals surface area contributed by atoms with Gasteiger partial charge in [-0.15, -0.1) is 0 Å². The largest absolute Gasteiger partial charge is 0.480 e. The fourth-order valence-electron chi connectivity index (χ4n) is 4.52. The summed E-state index contributed by atoms with van der Waals surface area (Å²) < 4.78 is 11.8. The molecule has 6 unspecified atom stereocenters. The van der Waals surface area contributed by atoms with Crippen molar-refractivity contribution >= 4 is 52.3 Å². The lowest BCUT2D eigenvalue weighted by molar-refractivity contribution is -0.142. The molecular formula is C31H51N9O9S. The average Bonchev–Trinajstić information content (AvgIpc) is 3.05. The van der Waals surface area contributed by atoms with Crippen LogP contribution in [0.3, 0.4) is 0 Å². The van der Waals surface area contributed by atoms with Gasteiger partial charge >= 0.3 is 5.97 Å². The summed E-state index contributed by atoms with van der Waals surface area (Å²) in [5.74, 6) is -5.36. The molecule has 0 heterocycles. The number of aliphatic imine (C=N–C) groups is 1. The number of carbonyl (C=O) groups excluding carboxylic acids is 5. The van der Waals surface area contributed by atoms with Crippen molar-refractivity contribution in [3.63, 3.8) is 0 Å². The number of carbonyl (C=O) groups is 6. The van der Waals surface area contributed by atoms with E-state index >= 15 is 0 Å². The van der Waals surface area contributed by atoms with E-state index in [0.717, 1.165) is 0 Å². The SMILES string of the molecule is CC(C)CC(NC(=O)C(N)CO)C(=O)NC(Cc1ccccc1)C(=O)NCC(=O)NC(CCS(C)=O)C(=O)NC(CCCN=C(N)N)C(=O)O. The smallest absolute Gasteiger partial charge is 0.326 e. The van der Waals surface area contributed by atoms with Crippen LogP contribution >= 0.6 is 0 Å². The van der Waals surface area contributed by atoms with E-state index in [1.165, 1.54) is 6.26 Å². The van der Waals surface area contributed by atoms with E-state index in [2.05, 4.69) is 31.6 Å². The van der Waals surface area contributed by atoms with E-state index in [9.17, 15) is 43.2 Å². The number of carboxylic acid groups (broad SMARTS) is 1. The number of aliphatic hydroxyl groups excluding tert-OH is 1. The molecule has 1 aromatic rings. The Bertz CT molecular complexity index is 1340. The summed E-state index contributed by atoms with van der Waals surface area (Å²) in [5, 5.41) is 31.2. The zero-order chi connectivity index (χ0) is 37.8. The van der Waals surface area contributed by atoms with Crippen LogP contribution in [0.15, 0.2) is 35.3 Å². The first-order chi connectivity index (χ1) is 23.5. The van der Waals surface area contributed by atoms with Gasteiger partial charge in [-0.05, 0) is 37.2 Å². The number of nitrogens with two attached hydrogens (primary N) is 3. The summed E-state index contributed by atoms with van der Waals surface area (Å²) in [5.41, 5.74) is 16.8. The number of nitrogens with zero attached hydrogens (tertiary/aromatic N) is 1. The zero-order valence-corrected chi connectivity index (χ0v) is 29.4. The Morgan fingerprint density at radius 1 is 0.840 bits per heavy atom. The predicted molar refractivity (Wildman–Crippen MR) is 186 cm³/mol. The minimum Gasteiger partial charge on any atom is -0.480 e. The molecule has 1 aromatic carbocycles. The van der Waals surface area contributed by atoms with E-state index in [1.54, 1.807) is 30.3 Å². The van der Waals surface area contributed by atoms with Gasteiger partial charge in [-0.3, -0.25) is 33.2 Å². The molecule has 280 valence electrons. The van der Waals surface area contributed by atoms with E-state index < -0.39 is 89.7 Å². The molecule has 1 rings (SSSR count). The molecule has 0 aliphatic rings. The molecule has 50 heavy (non-hydrogen) atoms. The second kappa shape index (κ2) is 22.9. The second-order valence-electron chi connectivity index (χ2n) is 12.0. The van der Waals surface area contributed by atoms with Gasteiger partial charge in [0.15, 0.2) is 5.96 Å². The summed E-state index contributed by atoms with van der Waals surface area (Å²) >= 11 is 0. The third-order valence-corrected chi connectivity index (χ3v) is 7.93. The van der Waals surface area contributed by atoms with Crippen LogP contribution < -0.4 is 43.8 Å². The minimum absolute atomic E-state index is 0.00935. The Labute approximate surface area is 293 Å². The Morgan fingerprint density at radius 2 is 1.44 bits per heavy atom. The maximum absolute atomic E-state index is 13.4. The van der Waals surface area contributed by atoms with E-state index in [-0.39, 0.29) is 56.3 Å². The topological polar surface area (TPSA) is 311 Å². The van der Waals surface area contributed by atoms with Crippen LogP contribution in [0, 0.1) is 5.92 Å². The molecule has 6 atom stereocenters. The van der Waals surface area contributed by atoms with E-state index in [0.29, 0.717) is 5.56 Å². The highest BCUT2D eigenvalue weighted by molar-refractivity contribution is 7.84. The van der Waals surface area contributed by atoms with E-state index in [4.69, 9.17) is 17.2 Å². The highest BCUT2D eigenvalue weighted by Crippen LogP contribution is 2.09. The van der Waals surface area contributed by atoms with Crippen molar-refractivity contribution in [1.29, 1.82) is 0 Å². The Balaban J connectivity index is 3.06. The maximum atomic E-state index is 13.4. The van der Waals surface area contributed by atoms with Crippen molar-refractivity contribution in [1.82, 2.24) is 26.6 Å². The van der Waals surface area contributed by atoms with Crippen LogP contribution in [-0.4, -0.2) is 118 Å². The monoisotopic (exact) mass is 725 g/mol. The number of carboxylic acids is 1. The molecule has 13 N–H and O–H groups in total. The quantitative estimate of drug-likeness (QED) is 0.0299. The van der Waals surface area contributed by atoms with Crippen LogP contribution in [0.25, 0.3) is 0 Å². The number of guanidine groups is 1. The molecule has 0 spiro atoms. The van der Waals surface area contributed by atoms with Crippen LogP contribution in [-0.2, 0) is 46.0 Å². The number of hydrogen-bond acceptors (Lipinski definition) is 10. The minimum atomic E-state index is -1.35. The normalized spacial score (nSPS) is 14.5. The van der Waals surface area contributed by atoms with Crippen LogP contribution in [0.5, 0.6) is 0 Å². The summed E-state index contributed by atoms with van der Waals surface area (Å²) in [6.45, 7) is 2.52. The van der Waals surface area contributed by atoms with Gasteiger partial charge in [0.2, 0.25) is 29.5 Å². The van der Waals surface area contributed by atoms with Gasteiger partial charge in [-0.2, -0.15) is 0 Å². The molecular weight excluding hydrogens is 674 g/mol. The van der Waals surface area contributed by atoms with Crippen LogP contribution in [0.2, 0.25) is 0 Å². The molecule has 5 amide bonds. The van der Waals surface area contributed by atoms with Crippen molar-refractivity contribution in [2.24, 2.45) is 28.1 Å². The van der Waals surface area contributed by atoms with Gasteiger partial charge in [0.25, 0.3) is 0 Å². The maximum Gasteiger partial charge on any atom is 0.326 e. The first-order valence-corrected chi connectivity index (χ1v) is 17.7. The molecule has 0 saturated heterocycles. The van der Waals surface area contributed by atoms with Gasteiger partial charge in [-0.1, -0.05) is 44.2 Å². The number of aliphatic hydroxyl groups is 1. The lowest BCUT2D eigenvalue weighted by atomic mass is 10.0. The van der Waals surface area contributed by atoms with Crippen molar-refractivity contribution < 1.29 is 43.2 Å². The van der Waals surface area contributed by atoms with Gasteiger partial charge < -0.3 is 54.0 Å². The highest BCUT2D eigenvalue weighted by atomic mass is 32.2. The fraction of sp³-hybridized carbons (Fsp3) is 0.581. The van der Waals surface area contributed by atoms with Crippen LogP contribution in [0.1, 0.15) is 45.1 Å². The third-order valence-electron chi connectivity index (χ3n) is 7.12. The lowest BCUT2D eigenvalue weighted by Gasteiger charge is -2.25. The van der Waals surface area contributed by atoms with E-state index in [1.807, 2.05) is 13.8 Å². The fourth-order valence-corrected chi connectivity index (χ4v) is 5.09. The first kappa shape index (κ1) is 43.4. The summed E-state index contributed by atoms with van der Waals surface area (Å²) in [7, 11) is -1.35. The summed E-state index contributed by atoms with van der Waals surface area (Å²) in [6, 6.07) is 2.57. The summed E-state index contributed by atoms with van der Waals surface area (Å²) in [4.78, 5) is 80.6. The number of nitrogens with one attached hydrogen (secondary N) is 5. The number of aliphatic carboxylic acids is 1. The van der Waals surface area contributed by atoms with Gasteiger partial charge in [-0.25, -0.2) is 4.79 Å². The molecule has 19 heteroatoms. The predicted octanol–water partition coefficient (Wildman–Crippen LogP) is -3.44. The number of amides is 5. The van der Waals surface area contributed by atoms with Gasteiger partial charge in [0.05, 0.1) is 13.2 Å². The average molecular weight is 726 g/mol. The van der Waals surface area contributed by atoms with Crippen molar-refractivity contribution in [2.75, 3.05) is 31.7 Å². The molecule has 0 bridgehead atoms.